The van der Waals surface area contributed by atoms with Crippen LogP contribution in [0.1, 0.15) is 31.9 Å². The largest absolute Gasteiger partial charge is 0.485 e. The maximum absolute atomic E-state index is 15.2. The van der Waals surface area contributed by atoms with Crippen molar-refractivity contribution >= 4 is 5.97 Å². The molecule has 7 nitrogen and oxygen atoms in total. The highest BCUT2D eigenvalue weighted by Crippen LogP contribution is 2.38. The van der Waals surface area contributed by atoms with Crippen LogP contribution in [0.2, 0.25) is 0 Å². The van der Waals surface area contributed by atoms with E-state index in [1.165, 1.54) is 32.0 Å². The third kappa shape index (κ3) is 6.00. The molecule has 0 radical (unpaired) electrons. The van der Waals surface area contributed by atoms with Crippen molar-refractivity contribution < 1.29 is 36.9 Å². The molecule has 0 spiro atoms. The standard InChI is InChI=1S/C25H21F3N2O5/c1-4-32-24(31)25(2,3)35-21-19(26)22(28)30-23(20(21)27)34-18-12-16(13-29)10-11-17(18)33-14-15-8-6-5-7-9-15/h5-12H,4,14H2,1-3H3. The lowest BCUT2D eigenvalue weighted by atomic mass is 10.1. The SMILES string of the molecule is CCOC(=O)C(C)(C)Oc1c(F)c(F)nc(Oc2cc(C#N)ccc2OCc2ccccc2)c1F. The Morgan fingerprint density at radius 3 is 2.43 bits per heavy atom. The van der Waals surface area contributed by atoms with Gasteiger partial charge in [0.15, 0.2) is 17.1 Å². The van der Waals surface area contributed by atoms with Crippen LogP contribution in [0.4, 0.5) is 13.2 Å². The first-order valence-electron chi connectivity index (χ1n) is 10.5. The molecule has 0 atom stereocenters. The predicted molar refractivity (Wildman–Crippen MR) is 117 cm³/mol. The van der Waals surface area contributed by atoms with Crippen molar-refractivity contribution in [2.75, 3.05) is 6.61 Å². The summed E-state index contributed by atoms with van der Waals surface area (Å²) in [6.45, 7) is 4.05. The second-order valence-electron chi connectivity index (χ2n) is 7.65. The van der Waals surface area contributed by atoms with E-state index in [1.807, 2.05) is 36.4 Å². The highest BCUT2D eigenvalue weighted by molar-refractivity contribution is 5.79. The van der Waals surface area contributed by atoms with E-state index < -0.39 is 40.8 Å². The van der Waals surface area contributed by atoms with Crippen molar-refractivity contribution in [3.63, 3.8) is 0 Å². The number of nitrogens with zero attached hydrogens (tertiary/aromatic N) is 2. The second kappa shape index (κ2) is 10.8. The number of hydrogen-bond acceptors (Lipinski definition) is 7. The van der Waals surface area contributed by atoms with Gasteiger partial charge in [0.05, 0.1) is 18.2 Å². The number of benzene rings is 2. The van der Waals surface area contributed by atoms with Gasteiger partial charge in [-0.2, -0.15) is 23.4 Å². The van der Waals surface area contributed by atoms with Crippen LogP contribution in [-0.2, 0) is 16.1 Å². The average molecular weight is 486 g/mol. The van der Waals surface area contributed by atoms with Gasteiger partial charge in [0, 0.05) is 6.07 Å². The number of nitriles is 1. The van der Waals surface area contributed by atoms with Gasteiger partial charge in [-0.15, -0.1) is 0 Å². The summed E-state index contributed by atoms with van der Waals surface area (Å²) in [5, 5.41) is 9.22. The van der Waals surface area contributed by atoms with E-state index in [-0.39, 0.29) is 30.3 Å². The maximum Gasteiger partial charge on any atom is 0.349 e. The summed E-state index contributed by atoms with van der Waals surface area (Å²) in [6.07, 6.45) is 0. The lowest BCUT2D eigenvalue weighted by molar-refractivity contribution is -0.159. The molecule has 0 N–H and O–H groups in total. The van der Waals surface area contributed by atoms with E-state index in [2.05, 4.69) is 4.98 Å². The number of aromatic nitrogens is 1. The Morgan fingerprint density at radius 1 is 1.06 bits per heavy atom. The Morgan fingerprint density at radius 2 is 1.77 bits per heavy atom. The number of pyridine rings is 1. The van der Waals surface area contributed by atoms with Gasteiger partial charge >= 0.3 is 5.97 Å². The average Bonchev–Trinajstić information content (AvgIpc) is 2.85. The van der Waals surface area contributed by atoms with Crippen molar-refractivity contribution in [3.8, 4) is 29.2 Å². The number of carbonyl (C=O) groups excluding carboxylic acids is 1. The summed E-state index contributed by atoms with van der Waals surface area (Å²) in [5.74, 6) is -8.18. The van der Waals surface area contributed by atoms with Crippen molar-refractivity contribution in [1.29, 1.82) is 5.26 Å². The molecule has 0 aliphatic rings. The molecule has 3 rings (SSSR count). The van der Waals surface area contributed by atoms with Gasteiger partial charge in [-0.05, 0) is 38.5 Å². The zero-order chi connectivity index (χ0) is 25.6. The Kier molecular flexibility index (Phi) is 7.81. The van der Waals surface area contributed by atoms with Crippen molar-refractivity contribution in [3.05, 3.63) is 77.2 Å². The first-order valence-corrected chi connectivity index (χ1v) is 10.5. The molecule has 1 aromatic heterocycles. The zero-order valence-electron chi connectivity index (χ0n) is 19.1. The topological polar surface area (TPSA) is 90.7 Å². The molecular weight excluding hydrogens is 465 g/mol. The van der Waals surface area contributed by atoms with Crippen LogP contribution in [0.25, 0.3) is 0 Å². The molecule has 3 aromatic rings. The van der Waals surface area contributed by atoms with Crippen LogP contribution in [-0.4, -0.2) is 23.2 Å². The normalized spacial score (nSPS) is 10.9. The van der Waals surface area contributed by atoms with Crippen LogP contribution < -0.4 is 14.2 Å². The monoisotopic (exact) mass is 486 g/mol. The molecule has 0 fully saturated rings. The number of hydrogen-bond donors (Lipinski definition) is 0. The van der Waals surface area contributed by atoms with E-state index in [1.54, 1.807) is 6.92 Å². The summed E-state index contributed by atoms with van der Waals surface area (Å²) < 4.78 is 64.9. The van der Waals surface area contributed by atoms with Gasteiger partial charge < -0.3 is 18.9 Å². The van der Waals surface area contributed by atoms with Gasteiger partial charge in [0.2, 0.25) is 17.4 Å². The fourth-order valence-electron chi connectivity index (χ4n) is 2.85. The van der Waals surface area contributed by atoms with Crippen LogP contribution in [0, 0.1) is 28.9 Å². The third-order valence-corrected chi connectivity index (χ3v) is 4.61. The van der Waals surface area contributed by atoms with E-state index >= 15 is 4.39 Å². The fraction of sp³-hybridized carbons (Fsp3) is 0.240. The van der Waals surface area contributed by atoms with E-state index in [0.717, 1.165) is 5.56 Å². The first kappa shape index (κ1) is 25.4. The van der Waals surface area contributed by atoms with Gasteiger partial charge in [-0.3, -0.25) is 0 Å². The molecule has 182 valence electrons. The number of rotatable bonds is 9. The summed E-state index contributed by atoms with van der Waals surface area (Å²) in [5.41, 5.74) is -0.903. The second-order valence-corrected chi connectivity index (χ2v) is 7.65. The van der Waals surface area contributed by atoms with E-state index in [9.17, 15) is 18.8 Å². The summed E-state index contributed by atoms with van der Waals surface area (Å²) in [4.78, 5) is 15.3. The molecule has 1 heterocycles. The Balaban J connectivity index is 1.96. The molecule has 0 amide bonds. The quantitative estimate of drug-likeness (QED) is 0.293. The number of ether oxygens (including phenoxy) is 4. The summed E-state index contributed by atoms with van der Waals surface area (Å²) in [6, 6.07) is 15.1. The third-order valence-electron chi connectivity index (χ3n) is 4.61. The smallest absolute Gasteiger partial charge is 0.349 e. The maximum atomic E-state index is 15.2. The van der Waals surface area contributed by atoms with Crippen LogP contribution >= 0.6 is 0 Å². The van der Waals surface area contributed by atoms with Gasteiger partial charge in [-0.1, -0.05) is 30.3 Å². The lowest BCUT2D eigenvalue weighted by Gasteiger charge is -2.24. The number of carbonyl (C=O) groups is 1. The van der Waals surface area contributed by atoms with Crippen molar-refractivity contribution in [2.45, 2.75) is 33.0 Å². The minimum atomic E-state index is -1.85. The highest BCUT2D eigenvalue weighted by atomic mass is 19.2. The lowest BCUT2D eigenvalue weighted by Crippen LogP contribution is -2.40. The molecule has 2 aromatic carbocycles. The molecule has 0 saturated carbocycles. The Bertz CT molecular complexity index is 1260. The summed E-state index contributed by atoms with van der Waals surface area (Å²) >= 11 is 0. The molecule has 0 aliphatic carbocycles. The predicted octanol–water partition coefficient (Wildman–Crippen LogP) is 5.46. The molecule has 35 heavy (non-hydrogen) atoms. The molecule has 0 saturated heterocycles. The first-order chi connectivity index (χ1) is 16.7. The number of esters is 1. The van der Waals surface area contributed by atoms with Crippen LogP contribution in [0.3, 0.4) is 0 Å². The van der Waals surface area contributed by atoms with Crippen molar-refractivity contribution in [1.82, 2.24) is 4.98 Å². The highest BCUT2D eigenvalue weighted by Gasteiger charge is 2.36. The van der Waals surface area contributed by atoms with E-state index in [4.69, 9.17) is 18.9 Å². The van der Waals surface area contributed by atoms with Gasteiger partial charge in [-0.25, -0.2) is 4.79 Å². The Labute approximate surface area is 199 Å². The minimum Gasteiger partial charge on any atom is -0.485 e. The zero-order valence-corrected chi connectivity index (χ0v) is 19.1. The summed E-state index contributed by atoms with van der Waals surface area (Å²) in [7, 11) is 0. The molecule has 10 heteroatoms. The number of halogens is 3. The molecule has 0 aliphatic heterocycles. The minimum absolute atomic E-state index is 0.00333. The van der Waals surface area contributed by atoms with Gasteiger partial charge in [0.25, 0.3) is 11.8 Å². The molecular formula is C25H21F3N2O5. The molecule has 0 unspecified atom stereocenters. The van der Waals surface area contributed by atoms with Crippen molar-refractivity contribution in [2.24, 2.45) is 0 Å². The van der Waals surface area contributed by atoms with E-state index in [0.29, 0.717) is 0 Å². The van der Waals surface area contributed by atoms with Crippen LogP contribution in [0.15, 0.2) is 48.5 Å². The molecule has 0 bridgehead atoms. The van der Waals surface area contributed by atoms with Crippen LogP contribution in [0.5, 0.6) is 23.1 Å². The Hall–Kier alpha value is -4.26. The fourth-order valence-corrected chi connectivity index (χ4v) is 2.85. The van der Waals surface area contributed by atoms with Gasteiger partial charge in [0.1, 0.15) is 6.61 Å².